The summed E-state index contributed by atoms with van der Waals surface area (Å²) < 4.78 is 20.3. The van der Waals surface area contributed by atoms with Gasteiger partial charge in [0.25, 0.3) is 5.91 Å². The van der Waals surface area contributed by atoms with Crippen LogP contribution >= 0.6 is 23.4 Å². The van der Waals surface area contributed by atoms with Gasteiger partial charge in [-0.2, -0.15) is 0 Å². The molecule has 0 aliphatic carbocycles. The Morgan fingerprint density at radius 2 is 1.74 bits per heavy atom. The second-order valence-electron chi connectivity index (χ2n) is 7.73. The molecule has 0 radical (unpaired) electrons. The molecule has 1 aromatic heterocycles. The molecule has 1 N–H and O–H groups in total. The van der Waals surface area contributed by atoms with E-state index in [1.54, 1.807) is 43.1 Å². The highest BCUT2D eigenvalue weighted by atomic mass is 35.5. The van der Waals surface area contributed by atoms with Gasteiger partial charge in [-0.15, -0.1) is 10.2 Å². The fraction of sp³-hybridized carbons (Fsp3) is 0.192. The van der Waals surface area contributed by atoms with Crippen molar-refractivity contribution in [2.45, 2.75) is 24.0 Å². The Bertz CT molecular complexity index is 1280. The van der Waals surface area contributed by atoms with E-state index in [1.807, 2.05) is 41.0 Å². The van der Waals surface area contributed by atoms with Gasteiger partial charge in [-0.1, -0.05) is 59.8 Å². The molecule has 0 bridgehead atoms. The Hall–Kier alpha value is -3.20. The van der Waals surface area contributed by atoms with Crippen molar-refractivity contribution < 1.29 is 13.9 Å². The minimum atomic E-state index is -0.300. The molecular formula is C26H24ClFN4O2S. The highest BCUT2D eigenvalue weighted by molar-refractivity contribution is 7.98. The maximum atomic E-state index is 13.0. The number of aromatic nitrogens is 3. The van der Waals surface area contributed by atoms with E-state index < -0.39 is 0 Å². The zero-order valence-electron chi connectivity index (χ0n) is 19.1. The van der Waals surface area contributed by atoms with Gasteiger partial charge in [0.05, 0.1) is 18.2 Å². The van der Waals surface area contributed by atoms with Gasteiger partial charge in [-0.3, -0.25) is 9.36 Å². The van der Waals surface area contributed by atoms with E-state index in [-0.39, 0.29) is 11.7 Å². The lowest BCUT2D eigenvalue weighted by Gasteiger charge is -2.11. The zero-order chi connectivity index (χ0) is 24.6. The third-order valence-corrected chi connectivity index (χ3v) is 6.67. The first-order chi connectivity index (χ1) is 17.0. The van der Waals surface area contributed by atoms with Crippen molar-refractivity contribution in [1.82, 2.24) is 20.1 Å². The average Bonchev–Trinajstić information content (AvgIpc) is 3.28. The van der Waals surface area contributed by atoms with Gasteiger partial charge in [-0.05, 0) is 47.5 Å². The maximum absolute atomic E-state index is 13.0. The van der Waals surface area contributed by atoms with Crippen molar-refractivity contribution in [1.29, 1.82) is 0 Å². The number of nitrogens with one attached hydrogen (secondary N) is 1. The molecule has 6 nitrogen and oxygen atoms in total. The van der Waals surface area contributed by atoms with Crippen LogP contribution in [0.4, 0.5) is 4.39 Å². The van der Waals surface area contributed by atoms with Crippen LogP contribution in [0.2, 0.25) is 5.02 Å². The van der Waals surface area contributed by atoms with Gasteiger partial charge in [0.2, 0.25) is 0 Å². The molecule has 0 aliphatic heterocycles. The third kappa shape index (κ3) is 6.48. The van der Waals surface area contributed by atoms with E-state index in [9.17, 15) is 9.18 Å². The van der Waals surface area contributed by atoms with E-state index in [0.717, 1.165) is 21.8 Å². The molecule has 0 spiro atoms. The summed E-state index contributed by atoms with van der Waals surface area (Å²) in [7, 11) is 1.66. The smallest absolute Gasteiger partial charge is 0.251 e. The summed E-state index contributed by atoms with van der Waals surface area (Å²) in [6.45, 7) is 1.45. The molecule has 180 valence electrons. The topological polar surface area (TPSA) is 69.0 Å². The molecule has 35 heavy (non-hydrogen) atoms. The maximum Gasteiger partial charge on any atom is 0.251 e. The number of amides is 1. The average molecular weight is 511 g/mol. The van der Waals surface area contributed by atoms with E-state index in [1.165, 1.54) is 12.1 Å². The summed E-state index contributed by atoms with van der Waals surface area (Å²) >= 11 is 7.94. The molecule has 0 saturated carbocycles. The Kier molecular flexibility index (Phi) is 8.52. The third-order valence-electron chi connectivity index (χ3n) is 5.30. The van der Waals surface area contributed by atoms with Gasteiger partial charge in [0.1, 0.15) is 5.82 Å². The fourth-order valence-electron chi connectivity index (χ4n) is 3.41. The molecule has 1 heterocycles. The van der Waals surface area contributed by atoms with Gasteiger partial charge >= 0.3 is 0 Å². The number of hydrogen-bond acceptors (Lipinski definition) is 5. The summed E-state index contributed by atoms with van der Waals surface area (Å²) in [4.78, 5) is 12.5. The Balaban J connectivity index is 1.40. The highest BCUT2D eigenvalue weighted by Crippen LogP contribution is 2.30. The van der Waals surface area contributed by atoms with Gasteiger partial charge in [0, 0.05) is 30.5 Å². The van der Waals surface area contributed by atoms with Crippen LogP contribution in [0.15, 0.2) is 78.0 Å². The molecule has 0 aliphatic rings. The molecule has 0 unspecified atom stereocenters. The predicted octanol–water partition coefficient (Wildman–Crippen LogP) is 5.61. The second-order valence-corrected chi connectivity index (χ2v) is 9.07. The number of carbonyl (C=O) groups is 1. The molecule has 1 amide bonds. The van der Waals surface area contributed by atoms with Crippen LogP contribution in [0, 0.1) is 5.82 Å². The van der Waals surface area contributed by atoms with E-state index in [0.29, 0.717) is 41.9 Å². The van der Waals surface area contributed by atoms with Crippen molar-refractivity contribution in [2.75, 3.05) is 13.7 Å². The summed E-state index contributed by atoms with van der Waals surface area (Å²) in [5.74, 6) is 0.872. The number of halogens is 2. The molecule has 0 atom stereocenters. The Morgan fingerprint density at radius 1 is 1.03 bits per heavy atom. The first-order valence-electron chi connectivity index (χ1n) is 11.0. The molecule has 4 rings (SSSR count). The van der Waals surface area contributed by atoms with Crippen molar-refractivity contribution in [3.63, 3.8) is 0 Å². The van der Waals surface area contributed by atoms with Crippen LogP contribution in [0.5, 0.6) is 0 Å². The van der Waals surface area contributed by atoms with Crippen molar-refractivity contribution in [3.05, 3.63) is 100 Å². The number of rotatable bonds is 10. The molecule has 9 heteroatoms. The first-order valence-corrected chi connectivity index (χ1v) is 12.3. The lowest BCUT2D eigenvalue weighted by atomic mass is 10.1. The van der Waals surface area contributed by atoms with E-state index in [4.69, 9.17) is 16.3 Å². The van der Waals surface area contributed by atoms with Crippen LogP contribution < -0.4 is 5.32 Å². The summed E-state index contributed by atoms with van der Waals surface area (Å²) in [6.07, 6.45) is 0. The molecular weight excluding hydrogens is 487 g/mol. The Labute approximate surface area is 212 Å². The normalized spacial score (nSPS) is 10.9. The standard InChI is InChI=1S/C26H24ClFN4O2S/c1-34-15-14-32-24(22-4-2-3-5-23(22)27)30-31-26(32)35-17-19-6-10-20(11-7-19)25(33)29-16-18-8-12-21(28)13-9-18/h2-13H,14-17H2,1H3,(H,29,33). The number of benzene rings is 3. The number of thioether (sulfide) groups is 1. The minimum absolute atomic E-state index is 0.183. The second kappa shape index (κ2) is 12.0. The molecule has 0 saturated heterocycles. The minimum Gasteiger partial charge on any atom is -0.383 e. The number of methoxy groups -OCH3 is 1. The molecule has 4 aromatic rings. The van der Waals surface area contributed by atoms with Crippen LogP contribution in [-0.2, 0) is 23.6 Å². The van der Waals surface area contributed by atoms with Gasteiger partial charge in [-0.25, -0.2) is 4.39 Å². The lowest BCUT2D eigenvalue weighted by Crippen LogP contribution is -2.22. The monoisotopic (exact) mass is 510 g/mol. The van der Waals surface area contributed by atoms with E-state index >= 15 is 0 Å². The number of nitrogens with zero attached hydrogens (tertiary/aromatic N) is 3. The number of hydrogen-bond donors (Lipinski definition) is 1. The summed E-state index contributed by atoms with van der Waals surface area (Å²) in [5.41, 5.74) is 3.26. The predicted molar refractivity (Wildman–Crippen MR) is 136 cm³/mol. The highest BCUT2D eigenvalue weighted by Gasteiger charge is 2.16. The quantitative estimate of drug-likeness (QED) is 0.281. The number of ether oxygens (including phenoxy) is 1. The lowest BCUT2D eigenvalue weighted by molar-refractivity contribution is 0.0951. The fourth-order valence-corrected chi connectivity index (χ4v) is 4.55. The first kappa shape index (κ1) is 24.9. The Morgan fingerprint density at radius 3 is 2.46 bits per heavy atom. The van der Waals surface area contributed by atoms with Crippen molar-refractivity contribution in [3.8, 4) is 11.4 Å². The van der Waals surface area contributed by atoms with Gasteiger partial charge < -0.3 is 10.1 Å². The summed E-state index contributed by atoms with van der Waals surface area (Å²) in [5, 5.41) is 13.0. The van der Waals surface area contributed by atoms with E-state index in [2.05, 4.69) is 15.5 Å². The molecule has 0 fully saturated rings. The van der Waals surface area contributed by atoms with Crippen LogP contribution in [0.25, 0.3) is 11.4 Å². The summed E-state index contributed by atoms with van der Waals surface area (Å²) in [6, 6.07) is 21.0. The SMILES string of the molecule is COCCn1c(SCc2ccc(C(=O)NCc3ccc(F)cc3)cc2)nnc1-c1ccccc1Cl. The van der Waals surface area contributed by atoms with Crippen LogP contribution in [-0.4, -0.2) is 34.4 Å². The van der Waals surface area contributed by atoms with Crippen molar-refractivity contribution in [2.24, 2.45) is 0 Å². The largest absolute Gasteiger partial charge is 0.383 e. The van der Waals surface area contributed by atoms with Crippen LogP contribution in [0.3, 0.4) is 0 Å². The van der Waals surface area contributed by atoms with Crippen LogP contribution in [0.1, 0.15) is 21.5 Å². The molecule has 3 aromatic carbocycles. The van der Waals surface area contributed by atoms with Gasteiger partial charge in [0.15, 0.2) is 11.0 Å². The zero-order valence-corrected chi connectivity index (χ0v) is 20.7. The van der Waals surface area contributed by atoms with Crippen molar-refractivity contribution >= 4 is 29.3 Å². The number of carbonyl (C=O) groups excluding carboxylic acids is 1.